The smallest absolute Gasteiger partial charge is 0.331 e. The van der Waals surface area contributed by atoms with E-state index in [2.05, 4.69) is 15.9 Å². The lowest BCUT2D eigenvalue weighted by Crippen LogP contribution is -2.25. The molecule has 6 heteroatoms. The van der Waals surface area contributed by atoms with Crippen molar-refractivity contribution in [2.75, 3.05) is 6.61 Å². The molecule has 0 saturated heterocycles. The molecule has 0 bridgehead atoms. The van der Waals surface area contributed by atoms with Gasteiger partial charge in [0.1, 0.15) is 5.92 Å². The maximum atomic E-state index is 11.6. The van der Waals surface area contributed by atoms with Gasteiger partial charge in [0.25, 0.3) is 0 Å². The lowest BCUT2D eigenvalue weighted by atomic mass is 10.0. The van der Waals surface area contributed by atoms with Crippen molar-refractivity contribution in [1.29, 1.82) is 10.7 Å². The average Bonchev–Trinajstić information content (AvgIpc) is 2.43. The minimum atomic E-state index is -1.16. The second kappa shape index (κ2) is 8.12. The van der Waals surface area contributed by atoms with Crippen molar-refractivity contribution in [1.82, 2.24) is 0 Å². The molecule has 1 aromatic rings. The van der Waals surface area contributed by atoms with Gasteiger partial charge >= 0.3 is 5.97 Å². The van der Waals surface area contributed by atoms with Crippen molar-refractivity contribution in [3.05, 3.63) is 40.4 Å². The van der Waals surface area contributed by atoms with Crippen LogP contribution in [0.15, 0.2) is 34.8 Å². The lowest BCUT2D eigenvalue weighted by Gasteiger charge is -2.05. The summed E-state index contributed by atoms with van der Waals surface area (Å²) in [6.45, 7) is 0.844. The number of hydrogen-bond acceptors (Lipinski definition) is 5. The Balaban J connectivity index is 2.53. The fourth-order valence-corrected chi connectivity index (χ4v) is 1.88. The number of carbonyl (C=O) groups excluding carboxylic acids is 2. The van der Waals surface area contributed by atoms with Crippen LogP contribution >= 0.6 is 15.9 Å². The van der Waals surface area contributed by atoms with E-state index in [0.717, 1.165) is 10.0 Å². The van der Waals surface area contributed by atoms with E-state index in [-0.39, 0.29) is 5.71 Å². The van der Waals surface area contributed by atoms with Gasteiger partial charge in [-0.3, -0.25) is 4.79 Å². The third kappa shape index (κ3) is 5.71. The minimum absolute atomic E-state index is 0.0665. The predicted octanol–water partition coefficient (Wildman–Crippen LogP) is 2.75. The number of rotatable bonds is 6. The first kappa shape index (κ1) is 16.8. The summed E-state index contributed by atoms with van der Waals surface area (Å²) in [7, 11) is 0. The maximum absolute atomic E-state index is 11.6. The van der Waals surface area contributed by atoms with Gasteiger partial charge in [0.05, 0.1) is 6.07 Å². The number of hydrogen-bond donors (Lipinski definition) is 1. The van der Waals surface area contributed by atoms with E-state index < -0.39 is 24.3 Å². The Morgan fingerprint density at radius 2 is 2.24 bits per heavy atom. The van der Waals surface area contributed by atoms with Crippen LogP contribution in [0.5, 0.6) is 0 Å². The van der Waals surface area contributed by atoms with Crippen LogP contribution in [0, 0.1) is 22.7 Å². The van der Waals surface area contributed by atoms with Crippen molar-refractivity contribution in [2.45, 2.75) is 6.92 Å². The average molecular weight is 349 g/mol. The van der Waals surface area contributed by atoms with E-state index in [1.807, 2.05) is 24.3 Å². The summed E-state index contributed by atoms with van der Waals surface area (Å²) in [4.78, 5) is 23.0. The van der Waals surface area contributed by atoms with Crippen molar-refractivity contribution in [3.63, 3.8) is 0 Å². The van der Waals surface area contributed by atoms with Crippen LogP contribution < -0.4 is 0 Å². The summed E-state index contributed by atoms with van der Waals surface area (Å²) in [6.07, 6.45) is 2.76. The van der Waals surface area contributed by atoms with E-state index in [4.69, 9.17) is 15.4 Å². The van der Waals surface area contributed by atoms with Gasteiger partial charge < -0.3 is 10.1 Å². The molecule has 0 aromatic heterocycles. The highest BCUT2D eigenvalue weighted by atomic mass is 79.9. The van der Waals surface area contributed by atoms with Gasteiger partial charge in [-0.1, -0.05) is 28.1 Å². The second-order valence-corrected chi connectivity index (χ2v) is 5.12. The molecule has 1 unspecified atom stereocenters. The summed E-state index contributed by atoms with van der Waals surface area (Å²) in [6, 6.07) is 9.01. The molecule has 0 amide bonds. The van der Waals surface area contributed by atoms with E-state index in [1.54, 1.807) is 12.1 Å². The zero-order valence-corrected chi connectivity index (χ0v) is 12.9. The molecule has 1 rings (SSSR count). The monoisotopic (exact) mass is 348 g/mol. The lowest BCUT2D eigenvalue weighted by molar-refractivity contribution is -0.143. The SMILES string of the molecule is CC(=N)C(C#N)C(=O)COC(=O)/C=C/c1cccc(Br)c1. The maximum Gasteiger partial charge on any atom is 0.331 e. The normalized spacial score (nSPS) is 11.7. The van der Waals surface area contributed by atoms with Crippen LogP contribution in [0.3, 0.4) is 0 Å². The molecule has 0 heterocycles. The fourth-order valence-electron chi connectivity index (χ4n) is 1.46. The first-order chi connectivity index (χ1) is 9.93. The van der Waals surface area contributed by atoms with Crippen molar-refractivity contribution >= 4 is 39.5 Å². The van der Waals surface area contributed by atoms with Gasteiger partial charge in [0.2, 0.25) is 0 Å². The molecule has 0 fully saturated rings. The fraction of sp³-hybridized carbons (Fsp3) is 0.200. The molecule has 0 saturated carbocycles. The molecule has 0 aliphatic heterocycles. The Morgan fingerprint density at radius 1 is 1.52 bits per heavy atom. The number of Topliss-reactive ketones (excluding diaryl/α,β-unsaturated/α-hetero) is 1. The molecule has 0 aliphatic carbocycles. The first-order valence-electron chi connectivity index (χ1n) is 6.02. The summed E-state index contributed by atoms with van der Waals surface area (Å²) >= 11 is 3.31. The summed E-state index contributed by atoms with van der Waals surface area (Å²) in [5, 5.41) is 16.0. The number of esters is 1. The molecule has 1 atom stereocenters. The molecule has 1 aromatic carbocycles. The number of halogens is 1. The molecule has 1 N–H and O–H groups in total. The first-order valence-corrected chi connectivity index (χ1v) is 6.81. The third-order valence-corrected chi connectivity index (χ3v) is 2.99. The number of ketones is 1. The van der Waals surface area contributed by atoms with Gasteiger partial charge in [-0.15, -0.1) is 0 Å². The second-order valence-electron chi connectivity index (χ2n) is 4.21. The van der Waals surface area contributed by atoms with Crippen LogP contribution in [0.4, 0.5) is 0 Å². The predicted molar refractivity (Wildman–Crippen MR) is 81.6 cm³/mol. The largest absolute Gasteiger partial charge is 0.454 e. The summed E-state index contributed by atoms with van der Waals surface area (Å²) in [5.74, 6) is -2.44. The molecule has 0 aliphatic rings. The van der Waals surface area contributed by atoms with Gasteiger partial charge in [0.15, 0.2) is 12.4 Å². The van der Waals surface area contributed by atoms with Crippen LogP contribution in [-0.4, -0.2) is 24.1 Å². The third-order valence-electron chi connectivity index (χ3n) is 2.50. The molecular formula is C15H13BrN2O3. The number of nitriles is 1. The van der Waals surface area contributed by atoms with Gasteiger partial charge in [-0.2, -0.15) is 5.26 Å². The van der Waals surface area contributed by atoms with Crippen molar-refractivity contribution in [2.24, 2.45) is 5.92 Å². The number of nitrogens with zero attached hydrogens (tertiary/aromatic N) is 1. The Kier molecular flexibility index (Phi) is 6.50. The number of ether oxygens (including phenoxy) is 1. The molecule has 0 radical (unpaired) electrons. The number of carbonyl (C=O) groups is 2. The van der Waals surface area contributed by atoms with Crippen molar-refractivity contribution < 1.29 is 14.3 Å². The van der Waals surface area contributed by atoms with Crippen LogP contribution in [0.25, 0.3) is 6.08 Å². The van der Waals surface area contributed by atoms with Gasteiger partial charge in [-0.05, 0) is 30.7 Å². The minimum Gasteiger partial charge on any atom is -0.454 e. The van der Waals surface area contributed by atoms with Crippen LogP contribution in [-0.2, 0) is 14.3 Å². The molecule has 0 spiro atoms. The molecule has 5 nitrogen and oxygen atoms in total. The standard InChI is InChI=1S/C15H13BrN2O3/c1-10(18)13(8-17)14(19)9-21-15(20)6-5-11-3-2-4-12(16)7-11/h2-7,13,18H,9H2,1H3/b6-5+,18-10?. The van der Waals surface area contributed by atoms with Crippen molar-refractivity contribution in [3.8, 4) is 6.07 Å². The quantitative estimate of drug-likeness (QED) is 0.486. The Hall–Kier alpha value is -2.26. The number of nitrogens with one attached hydrogen (secondary N) is 1. The van der Waals surface area contributed by atoms with Crippen LogP contribution in [0.2, 0.25) is 0 Å². The molecule has 108 valence electrons. The Morgan fingerprint density at radius 3 is 2.81 bits per heavy atom. The zero-order valence-electron chi connectivity index (χ0n) is 11.3. The van der Waals surface area contributed by atoms with E-state index in [9.17, 15) is 9.59 Å². The molecular weight excluding hydrogens is 336 g/mol. The van der Waals surface area contributed by atoms with E-state index in [0.29, 0.717) is 0 Å². The highest BCUT2D eigenvalue weighted by Crippen LogP contribution is 2.12. The molecule has 21 heavy (non-hydrogen) atoms. The Bertz CT molecular complexity index is 632. The topological polar surface area (TPSA) is 91.0 Å². The highest BCUT2D eigenvalue weighted by Gasteiger charge is 2.20. The van der Waals surface area contributed by atoms with E-state index >= 15 is 0 Å². The summed E-state index contributed by atoms with van der Waals surface area (Å²) < 4.78 is 5.64. The summed E-state index contributed by atoms with van der Waals surface area (Å²) in [5.41, 5.74) is 0.737. The Labute approximate surface area is 130 Å². The zero-order chi connectivity index (χ0) is 15.8. The van der Waals surface area contributed by atoms with Crippen LogP contribution in [0.1, 0.15) is 12.5 Å². The highest BCUT2D eigenvalue weighted by molar-refractivity contribution is 9.10. The number of benzene rings is 1. The van der Waals surface area contributed by atoms with Gasteiger partial charge in [0, 0.05) is 16.3 Å². The van der Waals surface area contributed by atoms with E-state index in [1.165, 1.54) is 13.0 Å². The van der Waals surface area contributed by atoms with Gasteiger partial charge in [-0.25, -0.2) is 4.79 Å².